The van der Waals surface area contributed by atoms with Crippen molar-refractivity contribution in [3.63, 3.8) is 0 Å². The minimum Gasteiger partial charge on any atom is -0.315 e. The highest BCUT2D eigenvalue weighted by Crippen LogP contribution is 2.38. The van der Waals surface area contributed by atoms with Crippen LogP contribution in [0.1, 0.15) is 12.8 Å². The third-order valence-corrected chi connectivity index (χ3v) is 2.44. The van der Waals surface area contributed by atoms with Crippen LogP contribution in [-0.4, -0.2) is 38.0 Å². The van der Waals surface area contributed by atoms with Gasteiger partial charge in [-0.05, 0) is 6.42 Å². The fraction of sp³-hybridized carbons (Fsp3) is 0.778. The number of allylic oxidation sites excluding steroid dienone is 1. The van der Waals surface area contributed by atoms with Gasteiger partial charge in [-0.25, -0.2) is 0 Å². The van der Waals surface area contributed by atoms with E-state index in [-0.39, 0.29) is 5.72 Å². The van der Waals surface area contributed by atoms with Gasteiger partial charge in [0.25, 0.3) is 0 Å². The van der Waals surface area contributed by atoms with E-state index >= 15 is 0 Å². The highest BCUT2D eigenvalue weighted by Gasteiger charge is 2.55. The summed E-state index contributed by atoms with van der Waals surface area (Å²) in [6.07, 6.45) is 4.11. The molecular formula is C9H18NO+. The molecule has 0 spiro atoms. The van der Waals surface area contributed by atoms with Crippen LogP contribution in [0.3, 0.4) is 0 Å². The van der Waals surface area contributed by atoms with Crippen molar-refractivity contribution < 1.29 is 9.22 Å². The molecule has 1 saturated heterocycles. The van der Waals surface area contributed by atoms with Crippen molar-refractivity contribution in [1.82, 2.24) is 0 Å². The second-order valence-corrected chi connectivity index (χ2v) is 4.07. The molecule has 0 saturated carbocycles. The maximum Gasteiger partial charge on any atom is 0.227 e. The molecule has 1 rings (SSSR count). The Hall–Kier alpha value is -0.340. The Kier molecular flexibility index (Phi) is 2.08. The lowest BCUT2D eigenvalue weighted by molar-refractivity contribution is -0.919. The molecule has 1 atom stereocenters. The first-order valence-electron chi connectivity index (χ1n) is 4.08. The second-order valence-electron chi connectivity index (χ2n) is 4.07. The van der Waals surface area contributed by atoms with Crippen LogP contribution in [0.25, 0.3) is 0 Å². The summed E-state index contributed by atoms with van der Waals surface area (Å²) in [4.78, 5) is 0. The van der Waals surface area contributed by atoms with E-state index in [0.29, 0.717) is 0 Å². The quantitative estimate of drug-likeness (QED) is 0.340. The summed E-state index contributed by atoms with van der Waals surface area (Å²) in [5.41, 5.74) is 0.105. The monoisotopic (exact) mass is 156 g/mol. The summed E-state index contributed by atoms with van der Waals surface area (Å²) in [5, 5.41) is 0. The third-order valence-electron chi connectivity index (χ3n) is 2.44. The van der Waals surface area contributed by atoms with Crippen molar-refractivity contribution in [1.29, 1.82) is 0 Å². The number of rotatable bonds is 4. The molecule has 0 aromatic rings. The molecule has 1 aliphatic rings. The predicted molar refractivity (Wildman–Crippen MR) is 46.1 cm³/mol. The molecule has 1 fully saturated rings. The third kappa shape index (κ3) is 1.63. The Morgan fingerprint density at radius 3 is 2.36 bits per heavy atom. The molecule has 11 heavy (non-hydrogen) atoms. The lowest BCUT2D eigenvalue weighted by Gasteiger charge is -2.31. The number of hydrogen-bond donors (Lipinski definition) is 0. The molecule has 2 nitrogen and oxygen atoms in total. The van der Waals surface area contributed by atoms with Crippen molar-refractivity contribution in [2.75, 3.05) is 27.7 Å². The van der Waals surface area contributed by atoms with E-state index in [4.69, 9.17) is 4.74 Å². The van der Waals surface area contributed by atoms with E-state index < -0.39 is 0 Å². The SMILES string of the molecule is C=CCCC1([N+](C)(C)C)CO1. The van der Waals surface area contributed by atoms with Gasteiger partial charge in [-0.3, -0.25) is 0 Å². The first-order chi connectivity index (χ1) is 5.02. The van der Waals surface area contributed by atoms with Gasteiger partial charge in [0.1, 0.15) is 6.61 Å². The van der Waals surface area contributed by atoms with Crippen molar-refractivity contribution >= 4 is 0 Å². The summed E-state index contributed by atoms with van der Waals surface area (Å²) < 4.78 is 6.39. The summed E-state index contributed by atoms with van der Waals surface area (Å²) in [5.74, 6) is 0. The maximum absolute atomic E-state index is 5.49. The molecule has 0 radical (unpaired) electrons. The lowest BCUT2D eigenvalue weighted by atomic mass is 10.1. The molecule has 0 aliphatic carbocycles. The van der Waals surface area contributed by atoms with E-state index in [1.54, 1.807) is 0 Å². The standard InChI is InChI=1S/C9H18NO/c1-5-6-7-9(8-11-9)10(2,3)4/h5H,1,6-8H2,2-4H3/q+1. The van der Waals surface area contributed by atoms with Crippen LogP contribution >= 0.6 is 0 Å². The van der Waals surface area contributed by atoms with Gasteiger partial charge in [-0.2, -0.15) is 0 Å². The number of nitrogens with zero attached hydrogens (tertiary/aromatic N) is 1. The molecule has 0 amide bonds. The van der Waals surface area contributed by atoms with Gasteiger partial charge in [0.05, 0.1) is 21.1 Å². The van der Waals surface area contributed by atoms with Crippen molar-refractivity contribution in [2.45, 2.75) is 18.6 Å². The fourth-order valence-corrected chi connectivity index (χ4v) is 1.28. The average molecular weight is 156 g/mol. The van der Waals surface area contributed by atoms with Crippen molar-refractivity contribution in [3.05, 3.63) is 12.7 Å². The summed E-state index contributed by atoms with van der Waals surface area (Å²) in [6.45, 7) is 4.62. The Bertz CT molecular complexity index is 153. The van der Waals surface area contributed by atoms with Crippen LogP contribution in [0.4, 0.5) is 0 Å². The van der Waals surface area contributed by atoms with Crippen LogP contribution in [-0.2, 0) is 4.74 Å². The highest BCUT2D eigenvalue weighted by molar-refractivity contribution is 4.84. The van der Waals surface area contributed by atoms with Gasteiger partial charge < -0.3 is 9.22 Å². The van der Waals surface area contributed by atoms with Crippen LogP contribution in [0, 0.1) is 0 Å². The molecule has 0 aromatic carbocycles. The summed E-state index contributed by atoms with van der Waals surface area (Å²) in [7, 11) is 6.53. The zero-order chi connectivity index (χ0) is 8.54. The Morgan fingerprint density at radius 1 is 1.55 bits per heavy atom. The molecular weight excluding hydrogens is 138 g/mol. The van der Waals surface area contributed by atoms with Gasteiger partial charge in [0, 0.05) is 6.42 Å². The van der Waals surface area contributed by atoms with Crippen molar-refractivity contribution in [3.8, 4) is 0 Å². The first kappa shape index (κ1) is 8.75. The molecule has 1 heterocycles. The second kappa shape index (κ2) is 2.61. The zero-order valence-electron chi connectivity index (χ0n) is 7.76. The summed E-state index contributed by atoms with van der Waals surface area (Å²) in [6, 6.07) is 0. The predicted octanol–water partition coefficient (Wildman–Crippen LogP) is 1.39. The Morgan fingerprint density at radius 2 is 2.09 bits per heavy atom. The minimum absolute atomic E-state index is 0.105. The van der Waals surface area contributed by atoms with E-state index in [0.717, 1.165) is 23.9 Å². The normalized spacial score (nSPS) is 30.1. The molecule has 64 valence electrons. The maximum atomic E-state index is 5.49. The van der Waals surface area contributed by atoms with Gasteiger partial charge in [0.2, 0.25) is 5.72 Å². The van der Waals surface area contributed by atoms with Gasteiger partial charge in [0.15, 0.2) is 0 Å². The Balaban J connectivity index is 2.47. The number of quaternary nitrogens is 1. The number of hydrogen-bond acceptors (Lipinski definition) is 1. The van der Waals surface area contributed by atoms with Gasteiger partial charge >= 0.3 is 0 Å². The first-order valence-corrected chi connectivity index (χ1v) is 4.08. The van der Waals surface area contributed by atoms with Crippen LogP contribution < -0.4 is 0 Å². The number of epoxide rings is 1. The van der Waals surface area contributed by atoms with Crippen LogP contribution in [0.15, 0.2) is 12.7 Å². The van der Waals surface area contributed by atoms with Gasteiger partial charge in [-0.15, -0.1) is 6.58 Å². The molecule has 2 heteroatoms. The van der Waals surface area contributed by atoms with E-state index in [9.17, 15) is 0 Å². The zero-order valence-corrected chi connectivity index (χ0v) is 7.76. The van der Waals surface area contributed by atoms with Crippen molar-refractivity contribution in [2.24, 2.45) is 0 Å². The minimum atomic E-state index is 0.105. The molecule has 0 aromatic heterocycles. The number of likely N-dealkylation sites (N-methyl/N-ethyl adjacent to an activating group) is 1. The molecule has 1 aliphatic heterocycles. The number of ether oxygens (including phenoxy) is 1. The lowest BCUT2D eigenvalue weighted by Crippen LogP contribution is -2.48. The van der Waals surface area contributed by atoms with Crippen LogP contribution in [0.5, 0.6) is 0 Å². The highest BCUT2D eigenvalue weighted by atomic mass is 16.6. The fourth-order valence-electron chi connectivity index (χ4n) is 1.28. The average Bonchev–Trinajstić information content (AvgIpc) is 2.61. The topological polar surface area (TPSA) is 12.5 Å². The largest absolute Gasteiger partial charge is 0.315 e. The van der Waals surface area contributed by atoms with E-state index in [2.05, 4.69) is 27.7 Å². The van der Waals surface area contributed by atoms with Crippen LogP contribution in [0.2, 0.25) is 0 Å². The van der Waals surface area contributed by atoms with Gasteiger partial charge in [-0.1, -0.05) is 6.08 Å². The Labute approximate surface area is 69.0 Å². The summed E-state index contributed by atoms with van der Waals surface area (Å²) >= 11 is 0. The van der Waals surface area contributed by atoms with E-state index in [1.807, 2.05) is 6.08 Å². The molecule has 1 unspecified atom stereocenters. The smallest absolute Gasteiger partial charge is 0.227 e. The molecule has 0 bridgehead atoms. The molecule has 0 N–H and O–H groups in total. The van der Waals surface area contributed by atoms with E-state index in [1.165, 1.54) is 0 Å².